The van der Waals surface area contributed by atoms with Gasteiger partial charge in [-0.25, -0.2) is 9.78 Å². The molecule has 8 heteroatoms. The number of ketones is 1. The highest BCUT2D eigenvalue weighted by atomic mass is 16.5. The molecule has 0 saturated heterocycles. The molecular weight excluding hydrogens is 288 g/mol. The largest absolute Gasteiger partial charge is 0.494 e. The van der Waals surface area contributed by atoms with Crippen LogP contribution < -0.4 is 4.74 Å². The number of hydrogen-bond donors (Lipinski definition) is 2. The zero-order valence-corrected chi connectivity index (χ0v) is 11.8. The number of methoxy groups -OCH3 is 1. The number of fused-ring (bicyclic) bond motifs is 1. The molecular formula is C14H12N4O4. The number of H-pyrrole nitrogens is 1. The number of nitrogens with zero attached hydrogens (tertiary/aromatic N) is 3. The minimum atomic E-state index is -1.53. The van der Waals surface area contributed by atoms with Crippen molar-refractivity contribution in [2.24, 2.45) is 7.05 Å². The van der Waals surface area contributed by atoms with Gasteiger partial charge in [-0.05, 0) is 6.07 Å². The van der Waals surface area contributed by atoms with Crippen LogP contribution in [0.4, 0.5) is 0 Å². The van der Waals surface area contributed by atoms with E-state index in [0.717, 1.165) is 0 Å². The molecule has 22 heavy (non-hydrogen) atoms. The molecule has 0 fully saturated rings. The van der Waals surface area contributed by atoms with Crippen LogP contribution >= 0.6 is 0 Å². The van der Waals surface area contributed by atoms with Gasteiger partial charge in [0.2, 0.25) is 0 Å². The van der Waals surface area contributed by atoms with Crippen molar-refractivity contribution in [2.45, 2.75) is 0 Å². The lowest BCUT2D eigenvalue weighted by atomic mass is 10.1. The topological polar surface area (TPSA) is 110 Å². The molecule has 0 amide bonds. The zero-order valence-electron chi connectivity index (χ0n) is 11.8. The monoisotopic (exact) mass is 300 g/mol. The highest BCUT2D eigenvalue weighted by Gasteiger charge is 2.24. The Balaban J connectivity index is 2.30. The highest BCUT2D eigenvalue weighted by molar-refractivity contribution is 6.42. The van der Waals surface area contributed by atoms with E-state index >= 15 is 0 Å². The van der Waals surface area contributed by atoms with E-state index in [-0.39, 0.29) is 5.56 Å². The van der Waals surface area contributed by atoms with E-state index in [4.69, 9.17) is 9.84 Å². The summed E-state index contributed by atoms with van der Waals surface area (Å²) < 4.78 is 6.82. The number of carbonyl (C=O) groups is 2. The van der Waals surface area contributed by atoms with Crippen LogP contribution in [-0.2, 0) is 11.8 Å². The van der Waals surface area contributed by atoms with Crippen molar-refractivity contribution in [2.75, 3.05) is 7.11 Å². The predicted octanol–water partition coefficient (Wildman–Crippen LogP) is 1.24. The zero-order chi connectivity index (χ0) is 15.9. The van der Waals surface area contributed by atoms with E-state index in [1.807, 2.05) is 0 Å². The van der Waals surface area contributed by atoms with Crippen LogP contribution in [0.5, 0.6) is 5.75 Å². The number of aliphatic carboxylic acids is 1. The van der Waals surface area contributed by atoms with Gasteiger partial charge in [0.25, 0.3) is 5.78 Å². The Labute approximate surface area is 124 Å². The molecule has 3 aromatic rings. The van der Waals surface area contributed by atoms with Crippen LogP contribution in [0.1, 0.15) is 10.4 Å². The highest BCUT2D eigenvalue weighted by Crippen LogP contribution is 2.33. The number of carbonyl (C=O) groups excluding carboxylic acids is 1. The fourth-order valence-corrected chi connectivity index (χ4v) is 2.30. The van der Waals surface area contributed by atoms with Gasteiger partial charge in [-0.2, -0.15) is 5.10 Å². The van der Waals surface area contributed by atoms with Gasteiger partial charge >= 0.3 is 5.97 Å². The summed E-state index contributed by atoms with van der Waals surface area (Å²) in [6.07, 6.45) is 4.55. The number of carboxylic acid groups (broad SMARTS) is 1. The van der Waals surface area contributed by atoms with Crippen LogP contribution in [-0.4, -0.2) is 43.7 Å². The second-order valence-electron chi connectivity index (χ2n) is 4.64. The van der Waals surface area contributed by atoms with Crippen molar-refractivity contribution in [3.8, 4) is 17.1 Å². The Kier molecular flexibility index (Phi) is 3.13. The molecule has 0 spiro atoms. The number of pyridine rings is 1. The van der Waals surface area contributed by atoms with Crippen LogP contribution in [0, 0.1) is 0 Å². The molecule has 0 radical (unpaired) electrons. The van der Waals surface area contributed by atoms with Gasteiger partial charge in [-0.15, -0.1) is 0 Å². The summed E-state index contributed by atoms with van der Waals surface area (Å²) in [7, 11) is 3.21. The fourth-order valence-electron chi connectivity index (χ4n) is 2.30. The fraction of sp³-hybridized carbons (Fsp3) is 0.143. The Bertz CT molecular complexity index is 894. The number of hydrogen-bond acceptors (Lipinski definition) is 5. The first-order valence-electron chi connectivity index (χ1n) is 6.34. The first-order chi connectivity index (χ1) is 10.5. The smallest absolute Gasteiger partial charge is 0.377 e. The Morgan fingerprint density at radius 3 is 2.77 bits per heavy atom. The maximum atomic E-state index is 11.8. The van der Waals surface area contributed by atoms with Crippen LogP contribution in [0.25, 0.3) is 22.3 Å². The summed E-state index contributed by atoms with van der Waals surface area (Å²) >= 11 is 0. The lowest BCUT2D eigenvalue weighted by Crippen LogP contribution is -2.12. The first kappa shape index (κ1) is 13.8. The average Bonchev–Trinajstić information content (AvgIpc) is 3.12. The van der Waals surface area contributed by atoms with Crippen molar-refractivity contribution in [3.05, 3.63) is 30.2 Å². The molecule has 2 N–H and O–H groups in total. The standard InChI is InChI=1S/C14H12N4O4/c1-18-4-3-8(17-18)11-12-10(9(22-2)6-16-11)7(5-15-12)13(19)14(20)21/h3-6,15H,1-2H3,(H,20,21). The second kappa shape index (κ2) is 4.99. The minimum absolute atomic E-state index is 0.0268. The Hall–Kier alpha value is -3.16. The molecule has 3 heterocycles. The molecule has 0 aromatic carbocycles. The van der Waals surface area contributed by atoms with E-state index in [1.54, 1.807) is 24.0 Å². The quantitative estimate of drug-likeness (QED) is 0.554. The maximum absolute atomic E-state index is 11.8. The summed E-state index contributed by atoms with van der Waals surface area (Å²) in [5.74, 6) is -2.22. The van der Waals surface area contributed by atoms with Crippen molar-refractivity contribution in [1.82, 2.24) is 19.7 Å². The third-order valence-electron chi connectivity index (χ3n) is 3.29. The molecule has 0 aliphatic rings. The van der Waals surface area contributed by atoms with E-state index in [1.165, 1.54) is 19.5 Å². The van der Waals surface area contributed by atoms with Crippen molar-refractivity contribution >= 4 is 22.7 Å². The number of ether oxygens (including phenoxy) is 1. The van der Waals surface area contributed by atoms with Gasteiger partial charge in [0.1, 0.15) is 17.1 Å². The van der Waals surface area contributed by atoms with Gasteiger partial charge in [0.15, 0.2) is 0 Å². The number of carboxylic acids is 1. The van der Waals surface area contributed by atoms with Crippen molar-refractivity contribution in [1.29, 1.82) is 0 Å². The van der Waals surface area contributed by atoms with E-state index in [2.05, 4.69) is 15.1 Å². The molecule has 0 aliphatic heterocycles. The summed E-state index contributed by atoms with van der Waals surface area (Å²) in [6, 6.07) is 1.77. The summed E-state index contributed by atoms with van der Waals surface area (Å²) in [4.78, 5) is 30.0. The van der Waals surface area contributed by atoms with Crippen LogP contribution in [0.2, 0.25) is 0 Å². The van der Waals surface area contributed by atoms with Gasteiger partial charge in [0.05, 0.1) is 29.8 Å². The average molecular weight is 300 g/mol. The number of aromatic nitrogens is 4. The Morgan fingerprint density at radius 2 is 2.18 bits per heavy atom. The minimum Gasteiger partial charge on any atom is -0.494 e. The third-order valence-corrected chi connectivity index (χ3v) is 3.29. The summed E-state index contributed by atoms with van der Waals surface area (Å²) in [5, 5.41) is 13.6. The molecule has 0 unspecified atom stereocenters. The van der Waals surface area contributed by atoms with Gasteiger partial charge in [-0.1, -0.05) is 0 Å². The van der Waals surface area contributed by atoms with Gasteiger partial charge in [-0.3, -0.25) is 9.48 Å². The number of Topliss-reactive ketones (excluding diaryl/α,β-unsaturated/α-hetero) is 1. The molecule has 0 aliphatic carbocycles. The summed E-state index contributed by atoms with van der Waals surface area (Å²) in [5.41, 5.74) is 1.65. The van der Waals surface area contributed by atoms with Crippen molar-refractivity contribution < 1.29 is 19.4 Å². The first-order valence-corrected chi connectivity index (χ1v) is 6.34. The lowest BCUT2D eigenvalue weighted by molar-refractivity contribution is -0.131. The lowest BCUT2D eigenvalue weighted by Gasteiger charge is -2.05. The van der Waals surface area contributed by atoms with Gasteiger partial charge < -0.3 is 14.8 Å². The van der Waals surface area contributed by atoms with Crippen LogP contribution in [0.15, 0.2) is 24.7 Å². The SMILES string of the molecule is COc1cnc(-c2ccn(C)n2)c2[nH]cc(C(=O)C(=O)O)c12. The van der Waals surface area contributed by atoms with Crippen LogP contribution in [0.3, 0.4) is 0 Å². The van der Waals surface area contributed by atoms with E-state index < -0.39 is 11.8 Å². The predicted molar refractivity (Wildman–Crippen MR) is 76.8 cm³/mol. The molecule has 0 atom stereocenters. The normalized spacial score (nSPS) is 10.8. The number of nitrogens with one attached hydrogen (secondary N) is 1. The van der Waals surface area contributed by atoms with E-state index in [0.29, 0.717) is 28.0 Å². The molecule has 3 rings (SSSR count). The molecule has 8 nitrogen and oxygen atoms in total. The Morgan fingerprint density at radius 1 is 1.41 bits per heavy atom. The van der Waals surface area contributed by atoms with Crippen molar-refractivity contribution in [3.63, 3.8) is 0 Å². The maximum Gasteiger partial charge on any atom is 0.377 e. The molecule has 0 saturated carbocycles. The molecule has 0 bridgehead atoms. The third kappa shape index (κ3) is 2.01. The summed E-state index contributed by atoms with van der Waals surface area (Å²) in [6.45, 7) is 0. The molecule has 3 aromatic heterocycles. The number of rotatable bonds is 4. The molecule has 112 valence electrons. The van der Waals surface area contributed by atoms with E-state index in [9.17, 15) is 9.59 Å². The van der Waals surface area contributed by atoms with Gasteiger partial charge in [0, 0.05) is 19.4 Å². The second-order valence-corrected chi connectivity index (χ2v) is 4.64. The number of aryl methyl sites for hydroxylation is 1. The number of aromatic amines is 1.